The first kappa shape index (κ1) is 12.2. The molecule has 0 amide bonds. The molecule has 0 spiro atoms. The highest BCUT2D eigenvalue weighted by atomic mass is 16.3. The van der Waals surface area contributed by atoms with Crippen molar-refractivity contribution in [3.05, 3.63) is 18.2 Å². The average molecular weight is 235 g/mol. The van der Waals surface area contributed by atoms with E-state index < -0.39 is 0 Å². The smallest absolute Gasteiger partial charge is 0.130 e. The molecule has 1 aliphatic heterocycles. The molecule has 1 aliphatic rings. The average Bonchev–Trinajstić information content (AvgIpc) is 2.29. The van der Waals surface area contributed by atoms with Crippen LogP contribution in [0.4, 0.5) is 11.6 Å². The van der Waals surface area contributed by atoms with Gasteiger partial charge in [0.15, 0.2) is 0 Å². The number of aliphatic hydroxyl groups excluding tert-OH is 1. The molecule has 0 aliphatic carbocycles. The number of nitrogens with zero attached hydrogens (tertiary/aromatic N) is 2. The van der Waals surface area contributed by atoms with Crippen molar-refractivity contribution in [3.8, 4) is 0 Å². The minimum Gasteiger partial charge on any atom is -0.393 e. The molecule has 2 heterocycles. The molecule has 0 saturated carbocycles. The lowest BCUT2D eigenvalue weighted by molar-refractivity contribution is 0.145. The van der Waals surface area contributed by atoms with Gasteiger partial charge in [-0.05, 0) is 38.8 Å². The number of aliphatic hydroxyl groups is 1. The van der Waals surface area contributed by atoms with Crippen LogP contribution < -0.4 is 10.2 Å². The first-order valence-corrected chi connectivity index (χ1v) is 6.32. The number of rotatable bonds is 3. The zero-order valence-electron chi connectivity index (χ0n) is 10.6. The minimum absolute atomic E-state index is 0.136. The van der Waals surface area contributed by atoms with Gasteiger partial charge in [0.25, 0.3) is 0 Å². The monoisotopic (exact) mass is 235 g/mol. The van der Waals surface area contributed by atoms with E-state index >= 15 is 0 Å². The van der Waals surface area contributed by atoms with Crippen molar-refractivity contribution >= 4 is 11.6 Å². The number of hydrogen-bond donors (Lipinski definition) is 2. The lowest BCUT2D eigenvalue weighted by Gasteiger charge is -2.30. The van der Waals surface area contributed by atoms with E-state index in [0.29, 0.717) is 6.04 Å². The summed E-state index contributed by atoms with van der Waals surface area (Å²) in [7, 11) is 0. The molecule has 4 nitrogen and oxygen atoms in total. The molecule has 0 bridgehead atoms. The third-order valence-electron chi connectivity index (χ3n) is 2.96. The van der Waals surface area contributed by atoms with Crippen LogP contribution >= 0.6 is 0 Å². The summed E-state index contributed by atoms with van der Waals surface area (Å²) in [4.78, 5) is 6.83. The Kier molecular flexibility index (Phi) is 3.84. The molecule has 2 rings (SSSR count). The summed E-state index contributed by atoms with van der Waals surface area (Å²) in [5, 5.41) is 12.8. The maximum absolute atomic E-state index is 9.49. The Morgan fingerprint density at radius 1 is 1.35 bits per heavy atom. The molecule has 1 aromatic heterocycles. The molecule has 0 radical (unpaired) electrons. The van der Waals surface area contributed by atoms with Crippen LogP contribution in [0.3, 0.4) is 0 Å². The Labute approximate surface area is 103 Å². The van der Waals surface area contributed by atoms with E-state index in [-0.39, 0.29) is 6.10 Å². The largest absolute Gasteiger partial charge is 0.393 e. The van der Waals surface area contributed by atoms with Gasteiger partial charge in [0.1, 0.15) is 11.6 Å². The van der Waals surface area contributed by atoms with Crippen LogP contribution in [0.1, 0.15) is 26.7 Å². The number of aromatic nitrogens is 1. The molecule has 0 atom stereocenters. The normalized spacial score (nSPS) is 17.5. The highest BCUT2D eigenvalue weighted by Crippen LogP contribution is 2.19. The van der Waals surface area contributed by atoms with E-state index in [1.54, 1.807) is 0 Å². The Balaban J connectivity index is 2.05. The van der Waals surface area contributed by atoms with Gasteiger partial charge < -0.3 is 15.3 Å². The van der Waals surface area contributed by atoms with Gasteiger partial charge >= 0.3 is 0 Å². The van der Waals surface area contributed by atoms with E-state index in [2.05, 4.69) is 29.0 Å². The molecule has 17 heavy (non-hydrogen) atoms. The number of pyridine rings is 1. The third kappa shape index (κ3) is 3.33. The molecular formula is C13H21N3O. The number of hydrogen-bond acceptors (Lipinski definition) is 4. The summed E-state index contributed by atoms with van der Waals surface area (Å²) in [5.41, 5.74) is 0. The fourth-order valence-corrected chi connectivity index (χ4v) is 2.07. The van der Waals surface area contributed by atoms with Gasteiger partial charge in [-0.1, -0.05) is 6.07 Å². The van der Waals surface area contributed by atoms with Gasteiger partial charge in [0.05, 0.1) is 6.10 Å². The SMILES string of the molecule is CC(C)Nc1cccc(N2CCC(O)CC2)n1. The van der Waals surface area contributed by atoms with Crippen LogP contribution in [0, 0.1) is 0 Å². The maximum atomic E-state index is 9.49. The van der Waals surface area contributed by atoms with Crippen LogP contribution in [0.5, 0.6) is 0 Å². The van der Waals surface area contributed by atoms with Crippen molar-refractivity contribution in [3.63, 3.8) is 0 Å². The number of nitrogens with one attached hydrogen (secondary N) is 1. The molecule has 4 heteroatoms. The van der Waals surface area contributed by atoms with Crippen LogP contribution in [-0.2, 0) is 0 Å². The summed E-state index contributed by atoms with van der Waals surface area (Å²) in [6, 6.07) is 6.43. The zero-order chi connectivity index (χ0) is 12.3. The first-order chi connectivity index (χ1) is 8.15. The Bertz CT molecular complexity index is 359. The van der Waals surface area contributed by atoms with Crippen LogP contribution in [0.2, 0.25) is 0 Å². The summed E-state index contributed by atoms with van der Waals surface area (Å²) in [6.07, 6.45) is 1.54. The van der Waals surface area contributed by atoms with Crippen molar-refractivity contribution in [1.82, 2.24) is 4.98 Å². The molecule has 0 unspecified atom stereocenters. The molecule has 1 saturated heterocycles. The van der Waals surface area contributed by atoms with Crippen molar-refractivity contribution in [1.29, 1.82) is 0 Å². The second-order valence-electron chi connectivity index (χ2n) is 4.90. The second kappa shape index (κ2) is 5.36. The topological polar surface area (TPSA) is 48.4 Å². The first-order valence-electron chi connectivity index (χ1n) is 6.32. The van der Waals surface area contributed by atoms with E-state index in [9.17, 15) is 5.11 Å². The Morgan fingerprint density at radius 3 is 2.71 bits per heavy atom. The molecule has 94 valence electrons. The lowest BCUT2D eigenvalue weighted by atomic mass is 10.1. The third-order valence-corrected chi connectivity index (χ3v) is 2.96. The summed E-state index contributed by atoms with van der Waals surface area (Å²) in [5.74, 6) is 1.92. The van der Waals surface area contributed by atoms with Gasteiger partial charge in [-0.3, -0.25) is 0 Å². The van der Waals surface area contributed by atoms with Crippen LogP contribution in [0.15, 0.2) is 18.2 Å². The van der Waals surface area contributed by atoms with Gasteiger partial charge in [-0.15, -0.1) is 0 Å². The summed E-state index contributed by atoms with van der Waals surface area (Å²) in [6.45, 7) is 5.98. The lowest BCUT2D eigenvalue weighted by Crippen LogP contribution is -2.36. The van der Waals surface area contributed by atoms with Crippen molar-refractivity contribution in [2.75, 3.05) is 23.3 Å². The summed E-state index contributed by atoms with van der Waals surface area (Å²) >= 11 is 0. The quantitative estimate of drug-likeness (QED) is 0.839. The molecule has 1 fully saturated rings. The van der Waals surface area contributed by atoms with Gasteiger partial charge in [-0.2, -0.15) is 0 Å². The van der Waals surface area contributed by atoms with Crippen molar-refractivity contribution in [2.24, 2.45) is 0 Å². The maximum Gasteiger partial charge on any atom is 0.130 e. The Morgan fingerprint density at radius 2 is 2.06 bits per heavy atom. The minimum atomic E-state index is -0.136. The predicted molar refractivity (Wildman–Crippen MR) is 70.4 cm³/mol. The molecule has 0 aromatic carbocycles. The zero-order valence-corrected chi connectivity index (χ0v) is 10.6. The van der Waals surface area contributed by atoms with E-state index in [4.69, 9.17) is 0 Å². The van der Waals surface area contributed by atoms with E-state index in [0.717, 1.165) is 37.6 Å². The molecular weight excluding hydrogens is 214 g/mol. The van der Waals surface area contributed by atoms with Crippen LogP contribution in [-0.4, -0.2) is 35.3 Å². The predicted octanol–water partition coefficient (Wildman–Crippen LogP) is 1.86. The highest BCUT2D eigenvalue weighted by molar-refractivity contribution is 5.47. The summed E-state index contributed by atoms with van der Waals surface area (Å²) < 4.78 is 0. The fourth-order valence-electron chi connectivity index (χ4n) is 2.07. The van der Waals surface area contributed by atoms with Gasteiger partial charge in [0.2, 0.25) is 0 Å². The number of anilines is 2. The second-order valence-corrected chi connectivity index (χ2v) is 4.90. The highest BCUT2D eigenvalue weighted by Gasteiger charge is 2.18. The fraction of sp³-hybridized carbons (Fsp3) is 0.615. The van der Waals surface area contributed by atoms with Crippen molar-refractivity contribution in [2.45, 2.75) is 38.8 Å². The number of piperidine rings is 1. The van der Waals surface area contributed by atoms with Crippen molar-refractivity contribution < 1.29 is 5.11 Å². The standard InChI is InChI=1S/C13H21N3O/c1-10(2)14-12-4-3-5-13(15-12)16-8-6-11(17)7-9-16/h3-5,10-11,17H,6-9H2,1-2H3,(H,14,15). The molecule has 1 aromatic rings. The van der Waals surface area contributed by atoms with E-state index in [1.165, 1.54) is 0 Å². The van der Waals surface area contributed by atoms with Gasteiger partial charge in [-0.25, -0.2) is 4.98 Å². The van der Waals surface area contributed by atoms with Gasteiger partial charge in [0, 0.05) is 19.1 Å². The Hall–Kier alpha value is -1.29. The molecule has 2 N–H and O–H groups in total. The van der Waals surface area contributed by atoms with E-state index in [1.807, 2.05) is 18.2 Å². The van der Waals surface area contributed by atoms with Crippen LogP contribution in [0.25, 0.3) is 0 Å².